The van der Waals surface area contributed by atoms with E-state index < -0.39 is 4.92 Å². The van der Waals surface area contributed by atoms with Crippen LogP contribution in [0, 0.1) is 10.1 Å². The molecule has 0 N–H and O–H groups in total. The van der Waals surface area contributed by atoms with E-state index in [0.717, 1.165) is 11.8 Å². The molecule has 1 aromatic carbocycles. The Balaban J connectivity index is 2.21. The summed E-state index contributed by atoms with van der Waals surface area (Å²) >= 11 is 0.941. The lowest BCUT2D eigenvalue weighted by Gasteiger charge is -2.00. The molecule has 2 rings (SSSR count). The minimum absolute atomic E-state index is 0.0960. The Morgan fingerprint density at radius 1 is 1.50 bits per heavy atom. The van der Waals surface area contributed by atoms with Crippen LogP contribution in [0.4, 0.5) is 5.69 Å². The molecular weight excluding hydrogens is 254 g/mol. The third-order valence-corrected chi connectivity index (χ3v) is 3.25. The predicted molar refractivity (Wildman–Crippen MR) is 66.5 cm³/mol. The molecule has 0 amide bonds. The summed E-state index contributed by atoms with van der Waals surface area (Å²) in [6.45, 7) is 0. The van der Waals surface area contributed by atoms with Gasteiger partial charge in [-0.3, -0.25) is 14.9 Å². The number of non-ortho nitro benzene ring substituents is 1. The second-order valence-electron chi connectivity index (χ2n) is 3.52. The number of benzene rings is 1. The Labute approximate surface area is 107 Å². The van der Waals surface area contributed by atoms with Crippen LogP contribution in [-0.4, -0.2) is 19.6 Å². The number of aromatic nitrogens is 2. The monoisotopic (exact) mass is 263 g/mol. The number of imidazole rings is 1. The van der Waals surface area contributed by atoms with Gasteiger partial charge in [0.05, 0.1) is 4.92 Å². The number of carbonyl (C=O) groups is 1. The third kappa shape index (κ3) is 2.57. The van der Waals surface area contributed by atoms with Gasteiger partial charge in [-0.1, -0.05) is 6.07 Å². The standard InChI is InChI=1S/C11H9N3O3S/c1-13-6-5-12-11(13)18-10(15)8-3-2-4-9(7-8)14(16)17/h2-7H,1H3. The lowest BCUT2D eigenvalue weighted by atomic mass is 10.2. The average Bonchev–Trinajstić information content (AvgIpc) is 2.75. The van der Waals surface area contributed by atoms with Crippen molar-refractivity contribution in [3.63, 3.8) is 0 Å². The number of nitrogens with zero attached hydrogens (tertiary/aromatic N) is 3. The second kappa shape index (κ2) is 5.01. The van der Waals surface area contributed by atoms with E-state index in [1.165, 1.54) is 18.2 Å². The van der Waals surface area contributed by atoms with E-state index in [9.17, 15) is 14.9 Å². The summed E-state index contributed by atoms with van der Waals surface area (Å²) in [5.41, 5.74) is 0.193. The van der Waals surface area contributed by atoms with Crippen LogP contribution in [0.1, 0.15) is 10.4 Å². The molecule has 0 saturated carbocycles. The molecule has 0 fully saturated rings. The molecule has 6 nitrogen and oxygen atoms in total. The van der Waals surface area contributed by atoms with Gasteiger partial charge in [-0.05, 0) is 17.8 Å². The van der Waals surface area contributed by atoms with E-state index in [1.54, 1.807) is 30.1 Å². The number of nitro benzene ring substituents is 1. The van der Waals surface area contributed by atoms with E-state index in [2.05, 4.69) is 4.98 Å². The van der Waals surface area contributed by atoms with Gasteiger partial charge >= 0.3 is 0 Å². The van der Waals surface area contributed by atoms with Crippen molar-refractivity contribution in [2.24, 2.45) is 7.05 Å². The van der Waals surface area contributed by atoms with Crippen molar-refractivity contribution < 1.29 is 9.72 Å². The van der Waals surface area contributed by atoms with Crippen molar-refractivity contribution in [3.05, 3.63) is 52.3 Å². The number of thioether (sulfide) groups is 1. The largest absolute Gasteiger partial charge is 0.329 e. The minimum atomic E-state index is -0.526. The smallest absolute Gasteiger partial charge is 0.270 e. The van der Waals surface area contributed by atoms with E-state index in [4.69, 9.17) is 0 Å². The first-order valence-corrected chi connectivity index (χ1v) is 5.83. The lowest BCUT2D eigenvalue weighted by molar-refractivity contribution is -0.384. The van der Waals surface area contributed by atoms with Gasteiger partial charge in [-0.25, -0.2) is 4.98 Å². The van der Waals surface area contributed by atoms with Gasteiger partial charge in [0.1, 0.15) is 0 Å². The first-order valence-electron chi connectivity index (χ1n) is 5.02. The summed E-state index contributed by atoms with van der Waals surface area (Å²) in [5.74, 6) is 0. The van der Waals surface area contributed by atoms with Crippen molar-refractivity contribution in [2.45, 2.75) is 5.16 Å². The van der Waals surface area contributed by atoms with E-state index in [0.29, 0.717) is 5.16 Å². The zero-order chi connectivity index (χ0) is 13.1. The molecule has 0 atom stereocenters. The van der Waals surface area contributed by atoms with Gasteiger partial charge in [0.2, 0.25) is 5.12 Å². The van der Waals surface area contributed by atoms with Crippen molar-refractivity contribution in [2.75, 3.05) is 0 Å². The molecule has 0 bridgehead atoms. The fraction of sp³-hybridized carbons (Fsp3) is 0.0909. The molecule has 0 unspecified atom stereocenters. The van der Waals surface area contributed by atoms with Crippen LogP contribution < -0.4 is 0 Å². The van der Waals surface area contributed by atoms with Crippen molar-refractivity contribution >= 4 is 22.6 Å². The summed E-state index contributed by atoms with van der Waals surface area (Å²) in [6.07, 6.45) is 3.31. The van der Waals surface area contributed by atoms with Gasteiger partial charge < -0.3 is 4.57 Å². The zero-order valence-electron chi connectivity index (χ0n) is 9.44. The fourth-order valence-corrected chi connectivity index (χ4v) is 2.07. The van der Waals surface area contributed by atoms with Crippen LogP contribution in [0.25, 0.3) is 0 Å². The quantitative estimate of drug-likeness (QED) is 0.482. The maximum absolute atomic E-state index is 11.9. The highest BCUT2D eigenvalue weighted by Crippen LogP contribution is 2.22. The SMILES string of the molecule is Cn1ccnc1SC(=O)c1cccc([N+](=O)[O-])c1. The Morgan fingerprint density at radius 2 is 2.28 bits per heavy atom. The fourth-order valence-electron chi connectivity index (χ4n) is 1.34. The van der Waals surface area contributed by atoms with Gasteiger partial charge in [0.25, 0.3) is 5.69 Å². The Kier molecular flexibility index (Phi) is 3.42. The molecule has 0 saturated heterocycles. The van der Waals surface area contributed by atoms with Crippen LogP contribution in [0.15, 0.2) is 41.8 Å². The van der Waals surface area contributed by atoms with Crippen LogP contribution in [0.2, 0.25) is 0 Å². The molecule has 7 heteroatoms. The molecule has 0 radical (unpaired) electrons. The minimum Gasteiger partial charge on any atom is -0.329 e. The van der Waals surface area contributed by atoms with Crippen molar-refractivity contribution in [3.8, 4) is 0 Å². The highest BCUT2D eigenvalue weighted by molar-refractivity contribution is 8.14. The molecule has 2 aromatic rings. The summed E-state index contributed by atoms with van der Waals surface area (Å²) < 4.78 is 1.71. The molecule has 0 aliphatic heterocycles. The normalized spacial score (nSPS) is 10.3. The van der Waals surface area contributed by atoms with Gasteiger partial charge in [0, 0.05) is 37.1 Å². The summed E-state index contributed by atoms with van der Waals surface area (Å²) in [5, 5.41) is 10.9. The van der Waals surface area contributed by atoms with E-state index in [-0.39, 0.29) is 16.4 Å². The lowest BCUT2D eigenvalue weighted by Crippen LogP contribution is -1.98. The summed E-state index contributed by atoms with van der Waals surface area (Å²) in [6, 6.07) is 5.65. The maximum atomic E-state index is 11.9. The molecule has 0 aliphatic carbocycles. The molecular formula is C11H9N3O3S. The first-order chi connectivity index (χ1) is 8.58. The maximum Gasteiger partial charge on any atom is 0.270 e. The molecule has 1 heterocycles. The second-order valence-corrected chi connectivity index (χ2v) is 4.46. The number of rotatable bonds is 3. The first kappa shape index (κ1) is 12.3. The van der Waals surface area contributed by atoms with Crippen molar-refractivity contribution in [1.29, 1.82) is 0 Å². The van der Waals surface area contributed by atoms with Crippen molar-refractivity contribution in [1.82, 2.24) is 9.55 Å². The number of nitro groups is 1. The number of hydrogen-bond donors (Lipinski definition) is 0. The number of aryl methyl sites for hydroxylation is 1. The summed E-state index contributed by atoms with van der Waals surface area (Å²) in [7, 11) is 1.77. The number of hydrogen-bond acceptors (Lipinski definition) is 5. The molecule has 0 spiro atoms. The van der Waals surface area contributed by atoms with E-state index >= 15 is 0 Å². The summed E-state index contributed by atoms with van der Waals surface area (Å²) in [4.78, 5) is 26.0. The molecule has 1 aromatic heterocycles. The zero-order valence-corrected chi connectivity index (χ0v) is 10.3. The third-order valence-electron chi connectivity index (χ3n) is 2.25. The Morgan fingerprint density at radius 3 is 2.89 bits per heavy atom. The van der Waals surface area contributed by atoms with Crippen LogP contribution in [0.5, 0.6) is 0 Å². The van der Waals surface area contributed by atoms with Crippen LogP contribution in [0.3, 0.4) is 0 Å². The molecule has 18 heavy (non-hydrogen) atoms. The van der Waals surface area contributed by atoms with Crippen LogP contribution in [-0.2, 0) is 7.05 Å². The number of carbonyl (C=O) groups excluding carboxylic acids is 1. The van der Waals surface area contributed by atoms with Gasteiger partial charge in [-0.2, -0.15) is 0 Å². The topological polar surface area (TPSA) is 78.0 Å². The highest BCUT2D eigenvalue weighted by atomic mass is 32.2. The molecule has 92 valence electrons. The average molecular weight is 263 g/mol. The van der Waals surface area contributed by atoms with Gasteiger partial charge in [0.15, 0.2) is 5.16 Å². The van der Waals surface area contributed by atoms with Crippen LogP contribution >= 0.6 is 11.8 Å². The predicted octanol–water partition coefficient (Wildman–Crippen LogP) is 2.26. The Bertz CT molecular complexity index is 609. The molecule has 0 aliphatic rings. The Hall–Kier alpha value is -2.15. The highest BCUT2D eigenvalue weighted by Gasteiger charge is 2.14. The van der Waals surface area contributed by atoms with Gasteiger partial charge in [-0.15, -0.1) is 0 Å². The van der Waals surface area contributed by atoms with E-state index in [1.807, 2.05) is 0 Å².